The molecule has 2 heterocycles. The predicted molar refractivity (Wildman–Crippen MR) is 60.5 cm³/mol. The van der Waals surface area contributed by atoms with Crippen LogP contribution in [0.25, 0.3) is 0 Å². The normalized spacial score (nSPS) is 28.8. The molecule has 2 aliphatic rings. The number of hydrogen-bond acceptors (Lipinski definition) is 3. The largest absolute Gasteiger partial charge is 0.444 e. The fourth-order valence-electron chi connectivity index (χ4n) is 2.42. The van der Waals surface area contributed by atoms with E-state index in [-0.39, 0.29) is 18.2 Å². The molecule has 4 nitrogen and oxygen atoms in total. The van der Waals surface area contributed by atoms with Crippen LogP contribution < -0.4 is 10.2 Å². The molecule has 0 saturated carbocycles. The Kier molecular flexibility index (Phi) is 2.29. The summed E-state index contributed by atoms with van der Waals surface area (Å²) in [6, 6.07) is 9.85. The minimum atomic E-state index is -0.218. The van der Waals surface area contributed by atoms with Crippen LogP contribution >= 0.6 is 0 Å². The van der Waals surface area contributed by atoms with Gasteiger partial charge in [-0.25, -0.2) is 4.79 Å². The smallest absolute Gasteiger partial charge is 0.415 e. The maximum absolute atomic E-state index is 11.8. The molecule has 1 N–H and O–H groups in total. The van der Waals surface area contributed by atoms with Crippen LogP contribution in [0.2, 0.25) is 0 Å². The summed E-state index contributed by atoms with van der Waals surface area (Å²) < 4.78 is 5.38. The first-order chi connectivity index (χ1) is 7.86. The van der Waals surface area contributed by atoms with Crippen molar-refractivity contribution in [3.05, 3.63) is 30.3 Å². The number of ether oxygens (including phenoxy) is 1. The standard InChI is InChI=1S/C12H14N2O2/c15-12-14(9-4-2-1-3-5-9)10-8-13-7-6-11(10)16-12/h1-5,10-11,13H,6-8H2. The number of nitrogens with one attached hydrogen (secondary N) is 1. The molecule has 1 amide bonds. The van der Waals surface area contributed by atoms with Crippen LogP contribution in [-0.4, -0.2) is 31.3 Å². The quantitative estimate of drug-likeness (QED) is 0.774. The first kappa shape index (κ1) is 9.66. The van der Waals surface area contributed by atoms with Gasteiger partial charge >= 0.3 is 6.09 Å². The van der Waals surface area contributed by atoms with Crippen LogP contribution in [0.5, 0.6) is 0 Å². The Morgan fingerprint density at radius 3 is 2.94 bits per heavy atom. The Labute approximate surface area is 94.2 Å². The van der Waals surface area contributed by atoms with Crippen molar-refractivity contribution in [2.75, 3.05) is 18.0 Å². The maximum atomic E-state index is 11.8. The van der Waals surface area contributed by atoms with Crippen molar-refractivity contribution in [1.82, 2.24) is 5.32 Å². The Bertz CT molecular complexity index is 393. The topological polar surface area (TPSA) is 41.6 Å². The molecule has 2 saturated heterocycles. The first-order valence-electron chi connectivity index (χ1n) is 5.62. The molecule has 2 aliphatic heterocycles. The lowest BCUT2D eigenvalue weighted by Crippen LogP contribution is -2.49. The number of carbonyl (C=O) groups excluding carboxylic acids is 1. The summed E-state index contributed by atoms with van der Waals surface area (Å²) in [7, 11) is 0. The van der Waals surface area contributed by atoms with Crippen molar-refractivity contribution in [2.45, 2.75) is 18.6 Å². The summed E-state index contributed by atoms with van der Waals surface area (Å²) >= 11 is 0. The summed E-state index contributed by atoms with van der Waals surface area (Å²) in [6.07, 6.45) is 0.735. The zero-order chi connectivity index (χ0) is 11.0. The van der Waals surface area contributed by atoms with Gasteiger partial charge in [-0.2, -0.15) is 0 Å². The molecule has 1 aromatic rings. The van der Waals surface area contributed by atoms with Crippen molar-refractivity contribution < 1.29 is 9.53 Å². The molecule has 0 spiro atoms. The molecule has 2 unspecified atom stereocenters. The lowest BCUT2D eigenvalue weighted by atomic mass is 10.0. The van der Waals surface area contributed by atoms with Crippen LogP contribution in [0, 0.1) is 0 Å². The SMILES string of the molecule is O=C1OC2CCNCC2N1c1ccccc1. The molecule has 84 valence electrons. The number of amides is 1. The Balaban J connectivity index is 1.91. The number of fused-ring (bicyclic) bond motifs is 1. The van der Waals surface area contributed by atoms with Gasteiger partial charge in [-0.1, -0.05) is 18.2 Å². The predicted octanol–water partition coefficient (Wildman–Crippen LogP) is 1.37. The van der Waals surface area contributed by atoms with Gasteiger partial charge in [0.25, 0.3) is 0 Å². The summed E-state index contributed by atoms with van der Waals surface area (Å²) in [5.41, 5.74) is 0.920. The van der Waals surface area contributed by atoms with Crippen molar-refractivity contribution in [2.24, 2.45) is 0 Å². The molecular weight excluding hydrogens is 204 g/mol. The molecule has 0 aliphatic carbocycles. The van der Waals surface area contributed by atoms with Crippen molar-refractivity contribution in [1.29, 1.82) is 0 Å². The number of piperidine rings is 1. The van der Waals surface area contributed by atoms with E-state index in [0.717, 1.165) is 25.2 Å². The summed E-state index contributed by atoms with van der Waals surface area (Å²) in [6.45, 7) is 1.74. The maximum Gasteiger partial charge on any atom is 0.415 e. The molecule has 0 radical (unpaired) electrons. The van der Waals surface area contributed by atoms with E-state index in [1.54, 1.807) is 4.90 Å². The van der Waals surface area contributed by atoms with Gasteiger partial charge in [0, 0.05) is 12.2 Å². The second-order valence-electron chi connectivity index (χ2n) is 4.19. The van der Waals surface area contributed by atoms with E-state index in [2.05, 4.69) is 5.32 Å². The molecular formula is C12H14N2O2. The molecule has 2 atom stereocenters. The number of nitrogens with zero attached hydrogens (tertiary/aromatic N) is 1. The minimum absolute atomic E-state index is 0.0500. The third-order valence-corrected chi connectivity index (χ3v) is 3.20. The number of carbonyl (C=O) groups is 1. The number of rotatable bonds is 1. The van der Waals surface area contributed by atoms with E-state index in [4.69, 9.17) is 4.74 Å². The number of para-hydroxylation sites is 1. The Hall–Kier alpha value is -1.55. The summed E-state index contributed by atoms with van der Waals surface area (Å²) in [5, 5.41) is 3.30. The molecule has 16 heavy (non-hydrogen) atoms. The molecule has 2 fully saturated rings. The number of anilines is 1. The average Bonchev–Trinajstić information content (AvgIpc) is 2.66. The minimum Gasteiger partial charge on any atom is -0.444 e. The Morgan fingerprint density at radius 1 is 1.31 bits per heavy atom. The van der Waals surface area contributed by atoms with Gasteiger partial charge < -0.3 is 10.1 Å². The van der Waals surface area contributed by atoms with Crippen molar-refractivity contribution in [3.8, 4) is 0 Å². The number of hydrogen-bond donors (Lipinski definition) is 1. The molecule has 1 aromatic carbocycles. The molecule has 0 bridgehead atoms. The van der Waals surface area contributed by atoms with Gasteiger partial charge in [0.2, 0.25) is 0 Å². The van der Waals surface area contributed by atoms with Gasteiger partial charge in [0.05, 0.1) is 6.04 Å². The van der Waals surface area contributed by atoms with Crippen LogP contribution in [-0.2, 0) is 4.74 Å². The highest BCUT2D eigenvalue weighted by molar-refractivity contribution is 5.90. The summed E-state index contributed by atoms with van der Waals surface area (Å²) in [4.78, 5) is 13.6. The van der Waals surface area contributed by atoms with Crippen LogP contribution in [0.4, 0.5) is 10.5 Å². The monoisotopic (exact) mass is 218 g/mol. The van der Waals surface area contributed by atoms with Gasteiger partial charge in [0.1, 0.15) is 6.10 Å². The average molecular weight is 218 g/mol. The van der Waals surface area contributed by atoms with E-state index < -0.39 is 0 Å². The highest BCUT2D eigenvalue weighted by Gasteiger charge is 2.43. The highest BCUT2D eigenvalue weighted by Crippen LogP contribution is 2.29. The molecule has 4 heteroatoms. The lowest BCUT2D eigenvalue weighted by molar-refractivity contribution is 0.117. The third-order valence-electron chi connectivity index (χ3n) is 3.20. The molecule has 3 rings (SSSR count). The first-order valence-corrected chi connectivity index (χ1v) is 5.62. The van der Waals surface area contributed by atoms with Crippen molar-refractivity contribution in [3.63, 3.8) is 0 Å². The third kappa shape index (κ3) is 1.46. The van der Waals surface area contributed by atoms with Crippen LogP contribution in [0.15, 0.2) is 30.3 Å². The Morgan fingerprint density at radius 2 is 2.12 bits per heavy atom. The van der Waals surface area contributed by atoms with Crippen molar-refractivity contribution >= 4 is 11.8 Å². The fourth-order valence-corrected chi connectivity index (χ4v) is 2.42. The van der Waals surface area contributed by atoms with E-state index in [1.807, 2.05) is 30.3 Å². The van der Waals surface area contributed by atoms with E-state index in [9.17, 15) is 4.79 Å². The second kappa shape index (κ2) is 3.79. The zero-order valence-corrected chi connectivity index (χ0v) is 8.93. The van der Waals surface area contributed by atoms with Gasteiger partial charge in [0.15, 0.2) is 0 Å². The second-order valence-corrected chi connectivity index (χ2v) is 4.19. The highest BCUT2D eigenvalue weighted by atomic mass is 16.6. The fraction of sp³-hybridized carbons (Fsp3) is 0.417. The van der Waals surface area contributed by atoms with E-state index in [0.29, 0.717) is 0 Å². The van der Waals surface area contributed by atoms with Gasteiger partial charge in [-0.05, 0) is 25.1 Å². The van der Waals surface area contributed by atoms with Gasteiger partial charge in [-0.3, -0.25) is 4.90 Å². The van der Waals surface area contributed by atoms with Crippen LogP contribution in [0.1, 0.15) is 6.42 Å². The molecule has 0 aromatic heterocycles. The van der Waals surface area contributed by atoms with E-state index >= 15 is 0 Å². The summed E-state index contributed by atoms with van der Waals surface area (Å²) in [5.74, 6) is 0. The van der Waals surface area contributed by atoms with Crippen LogP contribution in [0.3, 0.4) is 0 Å². The zero-order valence-electron chi connectivity index (χ0n) is 8.93. The number of benzene rings is 1. The van der Waals surface area contributed by atoms with Gasteiger partial charge in [-0.15, -0.1) is 0 Å². The lowest BCUT2D eigenvalue weighted by Gasteiger charge is -2.28. The van der Waals surface area contributed by atoms with E-state index in [1.165, 1.54) is 0 Å².